The van der Waals surface area contributed by atoms with Crippen molar-refractivity contribution in [2.75, 3.05) is 0 Å². The highest BCUT2D eigenvalue weighted by molar-refractivity contribution is 7.87. The van der Waals surface area contributed by atoms with Gasteiger partial charge < -0.3 is 24.6 Å². The fourth-order valence-corrected chi connectivity index (χ4v) is 4.49. The van der Waals surface area contributed by atoms with Crippen LogP contribution in [0.4, 0.5) is 5.69 Å². The van der Waals surface area contributed by atoms with Gasteiger partial charge in [0.25, 0.3) is 0 Å². The van der Waals surface area contributed by atoms with E-state index in [1.165, 1.54) is 54.6 Å². The first-order valence-electron chi connectivity index (χ1n) is 9.57. The monoisotopic (exact) mass is 479 g/mol. The average Bonchev–Trinajstić information content (AvgIpc) is 2.82. The number of nitrogens with zero attached hydrogens (tertiary/aromatic N) is 2. The molecule has 0 saturated heterocycles. The zero-order valence-electron chi connectivity index (χ0n) is 17.1. The topological polar surface area (TPSA) is 170 Å². The van der Waals surface area contributed by atoms with Gasteiger partial charge in [0.05, 0.1) is 5.56 Å². The van der Waals surface area contributed by atoms with Crippen LogP contribution in [0.15, 0.2) is 71.6 Å². The van der Waals surface area contributed by atoms with Gasteiger partial charge in [0.1, 0.15) is 10.6 Å². The Bertz CT molecular complexity index is 1610. The van der Waals surface area contributed by atoms with Crippen LogP contribution in [0, 0.1) is 5.39 Å². The Morgan fingerprint density at radius 3 is 2.18 bits per heavy atom. The molecule has 4 aromatic carbocycles. The van der Waals surface area contributed by atoms with E-state index >= 15 is 0 Å². The first-order valence-corrected chi connectivity index (χ1v) is 11.0. The number of carbonyl (C=O) groups excluding carboxylic acids is 1. The maximum Gasteiger partial charge on any atom is 0.426 e. The molecular formula is C23H15N2O8S+. The lowest BCUT2D eigenvalue weighted by Crippen LogP contribution is -2.10. The molecule has 0 amide bonds. The van der Waals surface area contributed by atoms with Crippen molar-refractivity contribution in [3.8, 4) is 28.7 Å². The Labute approximate surface area is 192 Å². The van der Waals surface area contributed by atoms with Crippen LogP contribution in [0.5, 0.6) is 28.7 Å². The molecule has 11 heteroatoms. The lowest BCUT2D eigenvalue weighted by molar-refractivity contribution is 0.103. The summed E-state index contributed by atoms with van der Waals surface area (Å²) < 4.78 is 31.0. The van der Waals surface area contributed by atoms with Gasteiger partial charge in [-0.15, -0.1) is 0 Å². The van der Waals surface area contributed by atoms with E-state index in [0.29, 0.717) is 0 Å². The first-order chi connectivity index (χ1) is 16.1. The van der Waals surface area contributed by atoms with E-state index in [2.05, 4.69) is 4.98 Å². The molecule has 0 aliphatic heterocycles. The third kappa shape index (κ3) is 3.78. The van der Waals surface area contributed by atoms with Gasteiger partial charge >= 0.3 is 15.8 Å². The molecule has 34 heavy (non-hydrogen) atoms. The number of phenolic OH excluding ortho intramolecular Hbond substituents is 4. The second kappa shape index (κ2) is 8.27. The normalized spacial score (nSPS) is 11.1. The van der Waals surface area contributed by atoms with E-state index in [1.54, 1.807) is 0 Å². The number of hydrogen-bond acceptors (Lipinski definition) is 9. The molecule has 0 heterocycles. The summed E-state index contributed by atoms with van der Waals surface area (Å²) in [4.78, 5) is 15.3. The van der Waals surface area contributed by atoms with Gasteiger partial charge in [0.15, 0.2) is 22.3 Å². The number of fused-ring (bicyclic) bond motifs is 1. The average molecular weight is 479 g/mol. The smallest absolute Gasteiger partial charge is 0.426 e. The van der Waals surface area contributed by atoms with E-state index < -0.39 is 38.9 Å². The second-order valence-electron chi connectivity index (χ2n) is 7.10. The molecule has 4 aromatic rings. The minimum Gasteiger partial charge on any atom is -0.504 e. The van der Waals surface area contributed by atoms with Crippen molar-refractivity contribution >= 4 is 32.4 Å². The number of aromatic hydroxyl groups is 4. The van der Waals surface area contributed by atoms with Crippen LogP contribution in [0.1, 0.15) is 15.9 Å². The van der Waals surface area contributed by atoms with Gasteiger partial charge in [-0.25, -0.2) is 0 Å². The highest BCUT2D eigenvalue weighted by Crippen LogP contribution is 2.39. The van der Waals surface area contributed by atoms with Crippen molar-refractivity contribution in [2.24, 2.45) is 0 Å². The van der Waals surface area contributed by atoms with Gasteiger partial charge in [0, 0.05) is 22.4 Å². The number of carbonyl (C=O) groups is 1. The summed E-state index contributed by atoms with van der Waals surface area (Å²) >= 11 is 0. The lowest BCUT2D eigenvalue weighted by Gasteiger charge is -2.11. The van der Waals surface area contributed by atoms with Crippen molar-refractivity contribution in [3.05, 3.63) is 82.8 Å². The predicted molar refractivity (Wildman–Crippen MR) is 119 cm³/mol. The molecule has 0 atom stereocenters. The summed E-state index contributed by atoms with van der Waals surface area (Å²) in [6.07, 6.45) is 0. The molecule has 0 radical (unpaired) electrons. The Balaban J connectivity index is 1.64. The summed E-state index contributed by atoms with van der Waals surface area (Å²) in [7, 11) is -4.37. The van der Waals surface area contributed by atoms with Crippen LogP contribution in [0.3, 0.4) is 0 Å². The number of phenols is 4. The van der Waals surface area contributed by atoms with Gasteiger partial charge in [-0.3, -0.25) is 4.79 Å². The molecule has 0 saturated carbocycles. The minimum atomic E-state index is -4.37. The van der Waals surface area contributed by atoms with Crippen LogP contribution >= 0.6 is 0 Å². The fourth-order valence-electron chi connectivity index (χ4n) is 3.34. The molecule has 0 aliphatic carbocycles. The van der Waals surface area contributed by atoms with Crippen molar-refractivity contribution in [2.45, 2.75) is 4.90 Å². The second-order valence-corrected chi connectivity index (χ2v) is 8.62. The van der Waals surface area contributed by atoms with E-state index in [1.807, 2.05) is 0 Å². The van der Waals surface area contributed by atoms with Gasteiger partial charge in [-0.05, 0) is 48.5 Å². The van der Waals surface area contributed by atoms with Gasteiger partial charge in [-0.1, -0.05) is 12.1 Å². The largest absolute Gasteiger partial charge is 0.504 e. The Kier molecular flexibility index (Phi) is 5.44. The van der Waals surface area contributed by atoms with Gasteiger partial charge in [-0.2, -0.15) is 8.42 Å². The number of rotatable bonds is 5. The molecule has 0 spiro atoms. The van der Waals surface area contributed by atoms with Crippen LogP contribution < -0.4 is 4.18 Å². The van der Waals surface area contributed by atoms with Gasteiger partial charge in [0.2, 0.25) is 16.9 Å². The van der Waals surface area contributed by atoms with Crippen LogP contribution in [0.2, 0.25) is 0 Å². The Morgan fingerprint density at radius 1 is 0.794 bits per heavy atom. The summed E-state index contributed by atoms with van der Waals surface area (Å²) in [6.45, 7) is 0. The zero-order chi connectivity index (χ0) is 24.6. The van der Waals surface area contributed by atoms with Crippen molar-refractivity contribution in [1.29, 1.82) is 5.39 Å². The third-order valence-electron chi connectivity index (χ3n) is 5.05. The number of ketones is 1. The molecule has 0 bridgehead atoms. The van der Waals surface area contributed by atoms with E-state index in [9.17, 15) is 33.6 Å². The zero-order valence-corrected chi connectivity index (χ0v) is 17.9. The maximum absolute atomic E-state index is 12.9. The Hall–Kier alpha value is -4.82. The summed E-state index contributed by atoms with van der Waals surface area (Å²) in [6, 6.07) is 13.9. The summed E-state index contributed by atoms with van der Waals surface area (Å²) in [5.41, 5.74) is -0.335. The molecular weight excluding hydrogens is 464 g/mol. The molecule has 0 fully saturated rings. The number of hydrogen-bond donors (Lipinski definition) is 4. The van der Waals surface area contributed by atoms with Crippen LogP contribution in [-0.4, -0.2) is 34.6 Å². The van der Waals surface area contributed by atoms with E-state index in [-0.39, 0.29) is 38.2 Å². The highest BCUT2D eigenvalue weighted by atomic mass is 32.2. The SMILES string of the molecule is N#[N+]c1ccc2c(S(=O)(=O)Oc3ccc(C(=O)c4ccc(O)c(O)c4O)cc3)cccc2c1O. The lowest BCUT2D eigenvalue weighted by atomic mass is 10.0. The number of benzene rings is 4. The molecule has 0 aromatic heterocycles. The van der Waals surface area contributed by atoms with Crippen molar-refractivity contribution in [3.63, 3.8) is 0 Å². The van der Waals surface area contributed by atoms with Crippen LogP contribution in [0.25, 0.3) is 15.7 Å². The molecule has 170 valence electrons. The molecule has 4 rings (SSSR count). The molecule has 0 unspecified atom stereocenters. The van der Waals surface area contributed by atoms with Crippen molar-refractivity contribution in [1.82, 2.24) is 0 Å². The predicted octanol–water partition coefficient (Wildman–Crippen LogP) is 4.15. The summed E-state index contributed by atoms with van der Waals surface area (Å²) in [5, 5.41) is 48.3. The number of diazo groups is 1. The first kappa shape index (κ1) is 22.4. The summed E-state index contributed by atoms with van der Waals surface area (Å²) in [5.74, 6) is -3.41. The van der Waals surface area contributed by atoms with E-state index in [0.717, 1.165) is 12.1 Å². The van der Waals surface area contributed by atoms with Crippen LogP contribution in [-0.2, 0) is 10.1 Å². The van der Waals surface area contributed by atoms with Crippen molar-refractivity contribution < 1.29 is 37.8 Å². The molecule has 10 nitrogen and oxygen atoms in total. The maximum atomic E-state index is 12.9. The third-order valence-corrected chi connectivity index (χ3v) is 6.35. The molecule has 0 aliphatic rings. The highest BCUT2D eigenvalue weighted by Gasteiger charge is 2.24. The minimum absolute atomic E-state index is 0.0560. The van der Waals surface area contributed by atoms with E-state index in [4.69, 9.17) is 9.58 Å². The fraction of sp³-hybridized carbons (Fsp3) is 0. The standard InChI is InChI=1S/C23H14N2O8S/c24-25-17-10-8-14-15(21(17)28)2-1-3-19(14)34(31,32)33-13-6-4-12(5-7-13)20(27)16-9-11-18(26)23(30)22(16)29/h1-11,24H,(H2,26,27,28,29)/p+1. The quantitative estimate of drug-likeness (QED) is 0.142. The molecule has 4 N–H and O–H groups in total. The Morgan fingerprint density at radius 2 is 1.50 bits per heavy atom.